The van der Waals surface area contributed by atoms with E-state index in [2.05, 4.69) is 25.3 Å². The van der Waals surface area contributed by atoms with Crippen molar-refractivity contribution in [3.05, 3.63) is 0 Å². The van der Waals surface area contributed by atoms with Crippen LogP contribution in [-0.4, -0.2) is 133 Å². The lowest BCUT2D eigenvalue weighted by molar-refractivity contribution is 0.248. The molecule has 0 aromatic rings. The zero-order valence-electron chi connectivity index (χ0n) is 21.5. The van der Waals surface area contributed by atoms with Crippen molar-refractivity contribution in [2.24, 2.45) is 28.7 Å². The summed E-state index contributed by atoms with van der Waals surface area (Å²) in [6.07, 6.45) is 5.22. The Labute approximate surface area is 204 Å². The van der Waals surface area contributed by atoms with Gasteiger partial charge in [-0.1, -0.05) is 0 Å². The Balaban J connectivity index is 4.08. The third-order valence-electron chi connectivity index (χ3n) is 5.81. The van der Waals surface area contributed by atoms with E-state index >= 15 is 0 Å². The SMILES string of the molecule is NCCCN(CCCN)CCNCCN(CCCN)CCNCCN(CCCN)CCCN. The van der Waals surface area contributed by atoms with E-state index in [0.717, 1.165) is 150 Å². The van der Waals surface area contributed by atoms with Gasteiger partial charge >= 0.3 is 0 Å². The largest absolute Gasteiger partial charge is 0.330 e. The second-order valence-electron chi connectivity index (χ2n) is 8.74. The molecule has 0 saturated carbocycles. The molecule has 0 aliphatic rings. The van der Waals surface area contributed by atoms with E-state index in [1.54, 1.807) is 0 Å². The molecule has 33 heavy (non-hydrogen) atoms. The molecule has 200 valence electrons. The van der Waals surface area contributed by atoms with Crippen LogP contribution in [0, 0.1) is 0 Å². The lowest BCUT2D eigenvalue weighted by Crippen LogP contribution is -2.41. The Morgan fingerprint density at radius 2 is 0.545 bits per heavy atom. The molecular weight excluding hydrogens is 416 g/mol. The van der Waals surface area contributed by atoms with Crippen LogP contribution in [0.4, 0.5) is 0 Å². The molecule has 0 fully saturated rings. The van der Waals surface area contributed by atoms with Gasteiger partial charge in [0, 0.05) is 52.4 Å². The van der Waals surface area contributed by atoms with Gasteiger partial charge in [0.1, 0.15) is 0 Å². The first kappa shape index (κ1) is 32.6. The molecule has 0 amide bonds. The molecule has 12 N–H and O–H groups in total. The van der Waals surface area contributed by atoms with Crippen LogP contribution in [0.2, 0.25) is 0 Å². The van der Waals surface area contributed by atoms with E-state index in [1.807, 2.05) is 0 Å². The molecule has 10 nitrogen and oxygen atoms in total. The fourth-order valence-electron chi connectivity index (χ4n) is 3.78. The number of nitrogens with two attached hydrogens (primary N) is 5. The second kappa shape index (κ2) is 26.2. The highest BCUT2D eigenvalue weighted by molar-refractivity contribution is 4.66. The molecule has 0 aliphatic carbocycles. The summed E-state index contributed by atoms with van der Waals surface area (Å²) in [4.78, 5) is 7.44. The molecule has 10 heteroatoms. The molecule has 0 saturated heterocycles. The minimum atomic E-state index is 0.742. The molecular formula is C23H58N10. The summed E-state index contributed by atoms with van der Waals surface area (Å²) < 4.78 is 0. The monoisotopic (exact) mass is 474 g/mol. The second-order valence-corrected chi connectivity index (χ2v) is 8.74. The number of rotatable bonds is 27. The highest BCUT2D eigenvalue weighted by Gasteiger charge is 2.07. The highest BCUT2D eigenvalue weighted by Crippen LogP contribution is 1.95. The lowest BCUT2D eigenvalue weighted by atomic mass is 10.3. The van der Waals surface area contributed by atoms with Crippen molar-refractivity contribution in [1.82, 2.24) is 25.3 Å². The van der Waals surface area contributed by atoms with Crippen molar-refractivity contribution >= 4 is 0 Å². The van der Waals surface area contributed by atoms with Crippen molar-refractivity contribution in [2.45, 2.75) is 32.1 Å². The normalized spacial score (nSPS) is 12.0. The van der Waals surface area contributed by atoms with Gasteiger partial charge in [-0.25, -0.2) is 0 Å². The van der Waals surface area contributed by atoms with Gasteiger partial charge < -0.3 is 54.0 Å². The first-order valence-corrected chi connectivity index (χ1v) is 13.3. The number of hydrogen-bond donors (Lipinski definition) is 7. The summed E-state index contributed by atoms with van der Waals surface area (Å²) in [7, 11) is 0. The Bertz CT molecular complexity index is 329. The number of nitrogens with one attached hydrogen (secondary N) is 2. The van der Waals surface area contributed by atoms with Crippen molar-refractivity contribution in [3.8, 4) is 0 Å². The summed E-state index contributed by atoms with van der Waals surface area (Å²) in [5.74, 6) is 0. The smallest absolute Gasteiger partial charge is 0.0107 e. The van der Waals surface area contributed by atoms with E-state index in [-0.39, 0.29) is 0 Å². The standard InChI is InChI=1S/C23H58N10/c24-6-1-15-31(16-2-7-25)20-11-29-13-22-33(19-5-10-28)23-14-30-12-21-32(17-3-8-26)18-4-9-27/h29-30H,1-28H2. The van der Waals surface area contributed by atoms with Crippen molar-refractivity contribution < 1.29 is 0 Å². The van der Waals surface area contributed by atoms with Crippen LogP contribution in [0.5, 0.6) is 0 Å². The van der Waals surface area contributed by atoms with E-state index in [0.29, 0.717) is 0 Å². The first-order chi connectivity index (χ1) is 16.2. The van der Waals surface area contributed by atoms with E-state index in [1.165, 1.54) is 0 Å². The zero-order valence-corrected chi connectivity index (χ0v) is 21.5. The minimum absolute atomic E-state index is 0.742. The van der Waals surface area contributed by atoms with Crippen LogP contribution in [0.25, 0.3) is 0 Å². The predicted octanol–water partition coefficient (Wildman–Crippen LogP) is -2.18. The molecule has 0 unspecified atom stereocenters. The zero-order chi connectivity index (χ0) is 24.4. The van der Waals surface area contributed by atoms with Gasteiger partial charge in [0.25, 0.3) is 0 Å². The highest BCUT2D eigenvalue weighted by atomic mass is 15.2. The summed E-state index contributed by atoms with van der Waals surface area (Å²) in [5, 5.41) is 7.21. The van der Waals surface area contributed by atoms with Crippen LogP contribution < -0.4 is 39.3 Å². The van der Waals surface area contributed by atoms with Crippen molar-refractivity contribution in [1.29, 1.82) is 0 Å². The third kappa shape index (κ3) is 21.8. The van der Waals surface area contributed by atoms with E-state index < -0.39 is 0 Å². The van der Waals surface area contributed by atoms with Gasteiger partial charge in [0.05, 0.1) is 0 Å². The quantitative estimate of drug-likeness (QED) is 0.0651. The van der Waals surface area contributed by atoms with Crippen molar-refractivity contribution in [3.63, 3.8) is 0 Å². The van der Waals surface area contributed by atoms with Crippen LogP contribution in [0.3, 0.4) is 0 Å². The van der Waals surface area contributed by atoms with Gasteiger partial charge in [-0.05, 0) is 97.6 Å². The predicted molar refractivity (Wildman–Crippen MR) is 143 cm³/mol. The summed E-state index contributed by atoms with van der Waals surface area (Å²) in [6, 6.07) is 0. The average molecular weight is 475 g/mol. The third-order valence-corrected chi connectivity index (χ3v) is 5.81. The van der Waals surface area contributed by atoms with Crippen LogP contribution in [-0.2, 0) is 0 Å². The molecule has 0 heterocycles. The number of nitrogens with zero attached hydrogens (tertiary/aromatic N) is 3. The fraction of sp³-hybridized carbons (Fsp3) is 1.00. The fourth-order valence-corrected chi connectivity index (χ4v) is 3.78. The van der Waals surface area contributed by atoms with Crippen LogP contribution in [0.15, 0.2) is 0 Å². The maximum atomic E-state index is 5.75. The van der Waals surface area contributed by atoms with Gasteiger partial charge in [0.2, 0.25) is 0 Å². The Hall–Kier alpha value is -0.400. The first-order valence-electron chi connectivity index (χ1n) is 13.3. The Morgan fingerprint density at radius 3 is 0.758 bits per heavy atom. The molecule has 0 rings (SSSR count). The topological polar surface area (TPSA) is 164 Å². The Kier molecular flexibility index (Phi) is 25.9. The summed E-state index contributed by atoms with van der Waals surface area (Å²) in [5.41, 5.74) is 28.4. The molecule has 0 radical (unpaired) electrons. The maximum Gasteiger partial charge on any atom is 0.0107 e. The molecule has 0 aromatic heterocycles. The van der Waals surface area contributed by atoms with Gasteiger partial charge in [-0.2, -0.15) is 0 Å². The summed E-state index contributed by atoms with van der Waals surface area (Å²) >= 11 is 0. The number of hydrogen-bond acceptors (Lipinski definition) is 10. The molecule has 0 aromatic carbocycles. The minimum Gasteiger partial charge on any atom is -0.330 e. The molecule has 0 atom stereocenters. The van der Waals surface area contributed by atoms with E-state index in [4.69, 9.17) is 28.7 Å². The van der Waals surface area contributed by atoms with Crippen LogP contribution >= 0.6 is 0 Å². The van der Waals surface area contributed by atoms with E-state index in [9.17, 15) is 0 Å². The molecule has 0 bridgehead atoms. The maximum absolute atomic E-state index is 5.75. The van der Waals surface area contributed by atoms with Gasteiger partial charge in [0.15, 0.2) is 0 Å². The summed E-state index contributed by atoms with van der Waals surface area (Å²) in [6.45, 7) is 17.2. The molecule has 0 spiro atoms. The van der Waals surface area contributed by atoms with Gasteiger partial charge in [-0.15, -0.1) is 0 Å². The van der Waals surface area contributed by atoms with Crippen LogP contribution in [0.1, 0.15) is 32.1 Å². The average Bonchev–Trinajstić information content (AvgIpc) is 2.83. The lowest BCUT2D eigenvalue weighted by Gasteiger charge is -2.25. The van der Waals surface area contributed by atoms with Gasteiger partial charge in [-0.3, -0.25) is 0 Å². The van der Waals surface area contributed by atoms with Crippen molar-refractivity contribution in [2.75, 3.05) is 118 Å². The molecule has 0 aliphatic heterocycles. The Morgan fingerprint density at radius 1 is 0.333 bits per heavy atom.